The molecule has 0 radical (unpaired) electrons. The van der Waals surface area contributed by atoms with Crippen LogP contribution in [0.4, 0.5) is 0 Å². The Balaban J connectivity index is 2.63. The fraction of sp³-hybridized carbons (Fsp3) is 0.500. The molecule has 0 saturated carbocycles. The third-order valence-electron chi connectivity index (χ3n) is 2.15. The average molecular weight is 291 g/mol. The molecular weight excluding hydrogens is 276 g/mol. The van der Waals surface area contributed by atoms with Crippen molar-refractivity contribution in [2.24, 2.45) is 5.73 Å². The Hall–Kier alpha value is -0.390. The van der Waals surface area contributed by atoms with Crippen molar-refractivity contribution < 1.29 is 4.79 Å². The largest absolute Gasteiger partial charge is 0.354 e. The summed E-state index contributed by atoms with van der Waals surface area (Å²) in [5, 5.41) is 4.85. The minimum atomic E-state index is -0.112. The maximum Gasteiger partial charge on any atom is 0.233 e. The van der Waals surface area contributed by atoms with Crippen LogP contribution in [0.2, 0.25) is 0 Å². The second-order valence-corrected chi connectivity index (χ2v) is 5.82. The van der Waals surface area contributed by atoms with Crippen LogP contribution >= 0.6 is 27.3 Å². The SMILES string of the molecule is CC(C)(CNC(=O)CN)c1cc(Br)cs1. The summed E-state index contributed by atoms with van der Waals surface area (Å²) in [5.74, 6) is -0.112. The van der Waals surface area contributed by atoms with Crippen LogP contribution in [0.25, 0.3) is 0 Å². The lowest BCUT2D eigenvalue weighted by atomic mass is 9.91. The Morgan fingerprint density at radius 2 is 2.33 bits per heavy atom. The molecule has 84 valence electrons. The van der Waals surface area contributed by atoms with Gasteiger partial charge in [-0.1, -0.05) is 13.8 Å². The van der Waals surface area contributed by atoms with Crippen molar-refractivity contribution in [2.45, 2.75) is 19.3 Å². The van der Waals surface area contributed by atoms with Gasteiger partial charge in [0.1, 0.15) is 0 Å². The number of halogens is 1. The molecule has 0 fully saturated rings. The summed E-state index contributed by atoms with van der Waals surface area (Å²) in [6.45, 7) is 4.85. The van der Waals surface area contributed by atoms with Gasteiger partial charge < -0.3 is 11.1 Å². The summed E-state index contributed by atoms with van der Waals surface area (Å²) in [7, 11) is 0. The van der Waals surface area contributed by atoms with Gasteiger partial charge in [0.2, 0.25) is 5.91 Å². The fourth-order valence-corrected chi connectivity index (χ4v) is 2.70. The summed E-state index contributed by atoms with van der Waals surface area (Å²) < 4.78 is 1.08. The van der Waals surface area contributed by atoms with Gasteiger partial charge in [-0.3, -0.25) is 4.79 Å². The van der Waals surface area contributed by atoms with E-state index in [0.29, 0.717) is 6.54 Å². The Morgan fingerprint density at radius 1 is 1.67 bits per heavy atom. The monoisotopic (exact) mass is 290 g/mol. The summed E-state index contributed by atoms with van der Waals surface area (Å²) in [6.07, 6.45) is 0. The number of hydrogen-bond donors (Lipinski definition) is 2. The van der Waals surface area contributed by atoms with Gasteiger partial charge in [0.15, 0.2) is 0 Å². The topological polar surface area (TPSA) is 55.1 Å². The molecule has 1 aromatic rings. The molecule has 0 atom stereocenters. The van der Waals surface area contributed by atoms with Gasteiger partial charge in [0, 0.05) is 26.7 Å². The Morgan fingerprint density at radius 3 is 2.80 bits per heavy atom. The Bertz CT molecular complexity index is 349. The highest BCUT2D eigenvalue weighted by Crippen LogP contribution is 2.30. The smallest absolute Gasteiger partial charge is 0.233 e. The molecule has 1 rings (SSSR count). The summed E-state index contributed by atoms with van der Waals surface area (Å²) >= 11 is 5.11. The summed E-state index contributed by atoms with van der Waals surface area (Å²) in [6, 6.07) is 2.08. The van der Waals surface area contributed by atoms with Crippen molar-refractivity contribution in [3.05, 3.63) is 20.8 Å². The lowest BCUT2D eigenvalue weighted by Crippen LogP contribution is -2.39. The molecular formula is C10H15BrN2OS. The zero-order chi connectivity index (χ0) is 11.5. The van der Waals surface area contributed by atoms with Gasteiger partial charge in [-0.05, 0) is 22.0 Å². The number of carbonyl (C=O) groups excluding carboxylic acids is 1. The molecule has 1 aromatic heterocycles. The molecule has 3 nitrogen and oxygen atoms in total. The Labute approximate surface area is 102 Å². The second kappa shape index (κ2) is 5.09. The number of rotatable bonds is 4. The zero-order valence-electron chi connectivity index (χ0n) is 8.84. The number of amides is 1. The lowest BCUT2D eigenvalue weighted by Gasteiger charge is -2.23. The maximum atomic E-state index is 11.1. The molecule has 5 heteroatoms. The molecule has 0 unspecified atom stereocenters. The second-order valence-electron chi connectivity index (χ2n) is 3.99. The van der Waals surface area contributed by atoms with E-state index in [9.17, 15) is 4.79 Å². The summed E-state index contributed by atoms with van der Waals surface area (Å²) in [5.41, 5.74) is 5.17. The molecule has 15 heavy (non-hydrogen) atoms. The van der Waals surface area contributed by atoms with E-state index in [4.69, 9.17) is 5.73 Å². The van der Waals surface area contributed by atoms with Gasteiger partial charge in [0.05, 0.1) is 6.54 Å². The normalized spacial score (nSPS) is 11.5. The Kier molecular flexibility index (Phi) is 4.31. The van der Waals surface area contributed by atoms with E-state index < -0.39 is 0 Å². The number of nitrogens with one attached hydrogen (secondary N) is 1. The quantitative estimate of drug-likeness (QED) is 0.889. The van der Waals surface area contributed by atoms with Crippen molar-refractivity contribution >= 4 is 33.2 Å². The molecule has 0 aromatic carbocycles. The van der Waals surface area contributed by atoms with Gasteiger partial charge in [-0.2, -0.15) is 0 Å². The first-order chi connectivity index (χ1) is 6.95. The van der Waals surface area contributed by atoms with Crippen molar-refractivity contribution in [2.75, 3.05) is 13.1 Å². The first-order valence-electron chi connectivity index (χ1n) is 4.67. The van der Waals surface area contributed by atoms with Crippen LogP contribution in [0, 0.1) is 0 Å². The minimum Gasteiger partial charge on any atom is -0.354 e. The molecule has 3 N–H and O–H groups in total. The number of hydrogen-bond acceptors (Lipinski definition) is 3. The van der Waals surface area contributed by atoms with Crippen molar-refractivity contribution in [1.82, 2.24) is 5.32 Å². The third-order valence-corrected chi connectivity index (χ3v) is 4.20. The highest BCUT2D eigenvalue weighted by molar-refractivity contribution is 9.10. The fourth-order valence-electron chi connectivity index (χ4n) is 1.15. The van der Waals surface area contributed by atoms with Crippen LogP contribution in [0.3, 0.4) is 0 Å². The van der Waals surface area contributed by atoms with Crippen LogP contribution in [0.1, 0.15) is 18.7 Å². The lowest BCUT2D eigenvalue weighted by molar-refractivity contribution is -0.119. The average Bonchev–Trinajstić information content (AvgIpc) is 2.62. The van der Waals surface area contributed by atoms with E-state index in [1.54, 1.807) is 11.3 Å². The summed E-state index contributed by atoms with van der Waals surface area (Å²) in [4.78, 5) is 12.3. The third kappa shape index (κ3) is 3.59. The molecule has 0 aliphatic heterocycles. The van der Waals surface area contributed by atoms with Crippen molar-refractivity contribution in [3.8, 4) is 0 Å². The van der Waals surface area contributed by atoms with Crippen LogP contribution in [-0.4, -0.2) is 19.0 Å². The molecule has 0 bridgehead atoms. The van der Waals surface area contributed by atoms with Crippen LogP contribution in [0.5, 0.6) is 0 Å². The highest BCUT2D eigenvalue weighted by atomic mass is 79.9. The number of nitrogens with two attached hydrogens (primary N) is 1. The van der Waals surface area contributed by atoms with E-state index in [2.05, 4.69) is 41.2 Å². The van der Waals surface area contributed by atoms with Crippen LogP contribution < -0.4 is 11.1 Å². The van der Waals surface area contributed by atoms with E-state index in [-0.39, 0.29) is 17.9 Å². The van der Waals surface area contributed by atoms with Gasteiger partial charge in [0.25, 0.3) is 0 Å². The van der Waals surface area contributed by atoms with Gasteiger partial charge >= 0.3 is 0 Å². The van der Waals surface area contributed by atoms with Gasteiger partial charge in [-0.25, -0.2) is 0 Å². The first-order valence-corrected chi connectivity index (χ1v) is 6.34. The molecule has 1 amide bonds. The molecule has 0 spiro atoms. The predicted molar refractivity (Wildman–Crippen MR) is 67.1 cm³/mol. The highest BCUT2D eigenvalue weighted by Gasteiger charge is 2.22. The minimum absolute atomic E-state index is 0.0458. The van der Waals surface area contributed by atoms with Crippen LogP contribution in [-0.2, 0) is 10.2 Å². The zero-order valence-corrected chi connectivity index (χ0v) is 11.2. The maximum absolute atomic E-state index is 11.1. The van der Waals surface area contributed by atoms with E-state index in [1.807, 2.05) is 5.38 Å². The molecule has 0 aliphatic carbocycles. The van der Waals surface area contributed by atoms with E-state index in [0.717, 1.165) is 4.47 Å². The standard InChI is InChI=1S/C10H15BrN2OS/c1-10(2,6-13-9(14)4-12)8-3-7(11)5-15-8/h3,5H,4,6,12H2,1-2H3,(H,13,14). The van der Waals surface area contributed by atoms with Crippen LogP contribution in [0.15, 0.2) is 15.9 Å². The first kappa shape index (κ1) is 12.7. The van der Waals surface area contributed by atoms with Crippen molar-refractivity contribution in [1.29, 1.82) is 0 Å². The molecule has 0 saturated heterocycles. The predicted octanol–water partition coefficient (Wildman–Crippen LogP) is 1.86. The number of carbonyl (C=O) groups is 1. The number of thiophene rings is 1. The van der Waals surface area contributed by atoms with E-state index in [1.165, 1.54) is 4.88 Å². The van der Waals surface area contributed by atoms with Gasteiger partial charge in [-0.15, -0.1) is 11.3 Å². The molecule has 0 aliphatic rings. The van der Waals surface area contributed by atoms with E-state index >= 15 is 0 Å². The van der Waals surface area contributed by atoms with Crippen molar-refractivity contribution in [3.63, 3.8) is 0 Å². The molecule has 1 heterocycles.